The summed E-state index contributed by atoms with van der Waals surface area (Å²) in [5.74, 6) is -0.343. The number of hydrogen-bond acceptors (Lipinski definition) is 2. The molecule has 1 aliphatic heterocycles. The van der Waals surface area contributed by atoms with Crippen LogP contribution in [0.3, 0.4) is 0 Å². The van der Waals surface area contributed by atoms with Gasteiger partial charge in [0.05, 0.1) is 23.7 Å². The number of aromatic amines is 1. The molecule has 96 valence electrons. The zero-order chi connectivity index (χ0) is 12.5. The number of rotatable bonds is 2. The van der Waals surface area contributed by atoms with E-state index in [-0.39, 0.29) is 17.6 Å². The third-order valence-corrected chi connectivity index (χ3v) is 3.40. The van der Waals surface area contributed by atoms with E-state index >= 15 is 0 Å². The number of ether oxygens (including phenoxy) is 1. The molecular formula is C13H15FN2O2. The van der Waals surface area contributed by atoms with Gasteiger partial charge in [-0.15, -0.1) is 0 Å². The normalized spacial score (nSPS) is 20.4. The second-order valence-corrected chi connectivity index (χ2v) is 4.69. The van der Waals surface area contributed by atoms with Gasteiger partial charge in [-0.05, 0) is 37.5 Å². The molecule has 3 rings (SSSR count). The van der Waals surface area contributed by atoms with Gasteiger partial charge in [-0.2, -0.15) is 0 Å². The molecule has 0 spiro atoms. The van der Waals surface area contributed by atoms with Crippen molar-refractivity contribution in [2.75, 3.05) is 6.61 Å². The van der Waals surface area contributed by atoms with E-state index in [2.05, 4.69) is 4.98 Å². The Morgan fingerprint density at radius 2 is 2.33 bits per heavy atom. The molecule has 2 heterocycles. The Balaban J connectivity index is 1.95. The van der Waals surface area contributed by atoms with Crippen LogP contribution in [-0.4, -0.2) is 22.3 Å². The summed E-state index contributed by atoms with van der Waals surface area (Å²) >= 11 is 0. The smallest absolute Gasteiger partial charge is 0.326 e. The van der Waals surface area contributed by atoms with Gasteiger partial charge in [0.1, 0.15) is 5.82 Å². The largest absolute Gasteiger partial charge is 0.376 e. The highest BCUT2D eigenvalue weighted by Gasteiger charge is 2.17. The molecule has 2 aromatic rings. The van der Waals surface area contributed by atoms with Gasteiger partial charge in [0.15, 0.2) is 0 Å². The molecular weight excluding hydrogens is 235 g/mol. The Morgan fingerprint density at radius 3 is 3.11 bits per heavy atom. The van der Waals surface area contributed by atoms with Crippen LogP contribution in [0.2, 0.25) is 0 Å². The van der Waals surface area contributed by atoms with Gasteiger partial charge in [-0.1, -0.05) is 0 Å². The van der Waals surface area contributed by atoms with Gasteiger partial charge in [0.2, 0.25) is 0 Å². The van der Waals surface area contributed by atoms with Crippen LogP contribution >= 0.6 is 0 Å². The van der Waals surface area contributed by atoms with E-state index in [9.17, 15) is 9.18 Å². The number of H-pyrrole nitrogens is 1. The summed E-state index contributed by atoms with van der Waals surface area (Å²) in [4.78, 5) is 14.5. The molecule has 0 radical (unpaired) electrons. The van der Waals surface area contributed by atoms with Crippen molar-refractivity contribution >= 4 is 11.0 Å². The molecule has 0 bridgehead atoms. The first-order chi connectivity index (χ1) is 8.74. The first kappa shape index (κ1) is 11.5. The average Bonchev–Trinajstić information content (AvgIpc) is 2.66. The molecule has 0 aliphatic carbocycles. The molecule has 18 heavy (non-hydrogen) atoms. The van der Waals surface area contributed by atoms with Crippen molar-refractivity contribution in [1.29, 1.82) is 0 Å². The predicted molar refractivity (Wildman–Crippen MR) is 66.1 cm³/mol. The standard InChI is InChI=1S/C13H15FN2O2/c14-9-4-5-12-11(7-9)15-13(17)16(12)8-10-3-1-2-6-18-10/h4-5,7,10H,1-3,6,8H2,(H,15,17). The SMILES string of the molecule is O=c1[nH]c2cc(F)ccc2n1CC1CCCCO1. The molecule has 1 unspecified atom stereocenters. The van der Waals surface area contributed by atoms with Crippen LogP contribution < -0.4 is 5.69 Å². The molecule has 1 aromatic heterocycles. The lowest BCUT2D eigenvalue weighted by molar-refractivity contribution is 0.00613. The number of hydrogen-bond donors (Lipinski definition) is 1. The maximum Gasteiger partial charge on any atom is 0.326 e. The van der Waals surface area contributed by atoms with E-state index in [0.29, 0.717) is 12.1 Å². The van der Waals surface area contributed by atoms with Gasteiger partial charge in [0, 0.05) is 6.61 Å². The Hall–Kier alpha value is -1.62. The predicted octanol–water partition coefficient (Wildman–Crippen LogP) is 2.04. The lowest BCUT2D eigenvalue weighted by atomic mass is 10.1. The molecule has 5 heteroatoms. The zero-order valence-electron chi connectivity index (χ0n) is 9.99. The van der Waals surface area contributed by atoms with Crippen molar-refractivity contribution < 1.29 is 9.13 Å². The molecule has 1 fully saturated rings. The van der Waals surface area contributed by atoms with Crippen molar-refractivity contribution in [3.8, 4) is 0 Å². The highest BCUT2D eigenvalue weighted by Crippen LogP contribution is 2.17. The lowest BCUT2D eigenvalue weighted by Crippen LogP contribution is -2.29. The van der Waals surface area contributed by atoms with Gasteiger partial charge in [0.25, 0.3) is 0 Å². The third-order valence-electron chi connectivity index (χ3n) is 3.40. The Labute approximate surface area is 103 Å². The van der Waals surface area contributed by atoms with Crippen LogP contribution in [0.15, 0.2) is 23.0 Å². The molecule has 1 saturated heterocycles. The summed E-state index contributed by atoms with van der Waals surface area (Å²) in [6.45, 7) is 1.29. The maximum absolute atomic E-state index is 13.1. The van der Waals surface area contributed by atoms with E-state index in [1.165, 1.54) is 12.1 Å². The maximum atomic E-state index is 13.1. The van der Waals surface area contributed by atoms with Crippen LogP contribution in [0.1, 0.15) is 19.3 Å². The highest BCUT2D eigenvalue weighted by molar-refractivity contribution is 5.75. The van der Waals surface area contributed by atoms with Crippen molar-refractivity contribution in [3.05, 3.63) is 34.5 Å². The lowest BCUT2D eigenvalue weighted by Gasteiger charge is -2.22. The number of fused-ring (bicyclic) bond motifs is 1. The monoisotopic (exact) mass is 250 g/mol. The van der Waals surface area contributed by atoms with Gasteiger partial charge in [-0.3, -0.25) is 4.57 Å². The minimum atomic E-state index is -0.343. The quantitative estimate of drug-likeness (QED) is 0.886. The number of halogens is 1. The summed E-state index contributed by atoms with van der Waals surface area (Å²) in [5.41, 5.74) is 1.07. The minimum Gasteiger partial charge on any atom is -0.376 e. The summed E-state index contributed by atoms with van der Waals surface area (Å²) < 4.78 is 20.3. The molecule has 1 aliphatic rings. The van der Waals surface area contributed by atoms with Crippen molar-refractivity contribution in [3.63, 3.8) is 0 Å². The van der Waals surface area contributed by atoms with Crippen LogP contribution in [0.25, 0.3) is 11.0 Å². The summed E-state index contributed by atoms with van der Waals surface area (Å²) in [5, 5.41) is 0. The van der Waals surface area contributed by atoms with E-state index in [1.54, 1.807) is 10.6 Å². The Bertz CT molecular complexity index is 611. The zero-order valence-corrected chi connectivity index (χ0v) is 9.99. The number of benzene rings is 1. The average molecular weight is 250 g/mol. The van der Waals surface area contributed by atoms with Crippen molar-refractivity contribution in [2.24, 2.45) is 0 Å². The molecule has 0 saturated carbocycles. The van der Waals surface area contributed by atoms with E-state index in [0.717, 1.165) is 31.4 Å². The fraction of sp³-hybridized carbons (Fsp3) is 0.462. The number of imidazole rings is 1. The second kappa shape index (κ2) is 4.57. The topological polar surface area (TPSA) is 47.0 Å². The molecule has 1 N–H and O–H groups in total. The van der Waals surface area contributed by atoms with Crippen LogP contribution in [-0.2, 0) is 11.3 Å². The molecule has 1 atom stereocenters. The fourth-order valence-electron chi connectivity index (χ4n) is 2.47. The van der Waals surface area contributed by atoms with Gasteiger partial charge in [-0.25, -0.2) is 9.18 Å². The van der Waals surface area contributed by atoms with E-state index in [1.807, 2.05) is 0 Å². The number of nitrogens with zero attached hydrogens (tertiary/aromatic N) is 1. The van der Waals surface area contributed by atoms with E-state index in [4.69, 9.17) is 4.74 Å². The Kier molecular flexibility index (Phi) is 2.91. The van der Waals surface area contributed by atoms with Crippen LogP contribution in [0.5, 0.6) is 0 Å². The van der Waals surface area contributed by atoms with Crippen LogP contribution in [0.4, 0.5) is 4.39 Å². The van der Waals surface area contributed by atoms with Gasteiger partial charge < -0.3 is 9.72 Å². The van der Waals surface area contributed by atoms with Gasteiger partial charge >= 0.3 is 5.69 Å². The summed E-state index contributed by atoms with van der Waals surface area (Å²) in [6.07, 6.45) is 3.28. The van der Waals surface area contributed by atoms with Crippen LogP contribution in [0, 0.1) is 5.82 Å². The third kappa shape index (κ3) is 2.06. The minimum absolute atomic E-state index is 0.0838. The first-order valence-electron chi connectivity index (χ1n) is 6.24. The van der Waals surface area contributed by atoms with Crippen molar-refractivity contribution in [1.82, 2.24) is 9.55 Å². The molecule has 4 nitrogen and oxygen atoms in total. The van der Waals surface area contributed by atoms with Crippen molar-refractivity contribution in [2.45, 2.75) is 31.9 Å². The number of nitrogens with one attached hydrogen (secondary N) is 1. The second-order valence-electron chi connectivity index (χ2n) is 4.69. The Morgan fingerprint density at radius 1 is 1.44 bits per heavy atom. The summed E-state index contributed by atoms with van der Waals surface area (Å²) in [6, 6.07) is 4.34. The summed E-state index contributed by atoms with van der Waals surface area (Å²) in [7, 11) is 0. The molecule has 0 amide bonds. The van der Waals surface area contributed by atoms with E-state index < -0.39 is 0 Å². The fourth-order valence-corrected chi connectivity index (χ4v) is 2.47. The highest BCUT2D eigenvalue weighted by atomic mass is 19.1. The first-order valence-corrected chi connectivity index (χ1v) is 6.24. The molecule has 1 aromatic carbocycles. The number of aromatic nitrogens is 2.